The molecule has 0 radical (unpaired) electrons. The number of amides is 1. The number of hydrogen-bond donors (Lipinski definition) is 3. The number of carbonyl (C=O) groups excluding carboxylic acids is 1. The first kappa shape index (κ1) is 19.7. The topological polar surface area (TPSA) is 79.5 Å². The number of rotatable bonds is 7. The molecule has 118 valence electrons. The van der Waals surface area contributed by atoms with E-state index in [1.807, 2.05) is 37.3 Å². The third-order valence-electron chi connectivity index (χ3n) is 2.93. The van der Waals surface area contributed by atoms with E-state index in [1.54, 1.807) is 0 Å². The van der Waals surface area contributed by atoms with Crippen LogP contribution in [0.2, 0.25) is 0 Å². The maximum atomic E-state index is 11.7. The average Bonchev–Trinajstić information content (AvgIpc) is 2.44. The third kappa shape index (κ3) is 9.28. The highest BCUT2D eigenvalue weighted by molar-refractivity contribution is 14.0. The molecule has 5 nitrogen and oxygen atoms in total. The van der Waals surface area contributed by atoms with E-state index in [0.717, 1.165) is 12.0 Å². The number of nitrogens with zero attached hydrogens (tertiary/aromatic N) is 1. The van der Waals surface area contributed by atoms with Crippen LogP contribution in [-0.4, -0.2) is 31.0 Å². The molecule has 6 heteroatoms. The van der Waals surface area contributed by atoms with Crippen LogP contribution in [0.5, 0.6) is 0 Å². The van der Waals surface area contributed by atoms with Crippen molar-refractivity contribution in [1.82, 2.24) is 10.6 Å². The number of aliphatic imine (C=N–C) groups is 1. The Morgan fingerprint density at radius 3 is 2.62 bits per heavy atom. The van der Waals surface area contributed by atoms with Gasteiger partial charge in [-0.1, -0.05) is 37.3 Å². The molecule has 0 saturated heterocycles. The van der Waals surface area contributed by atoms with Gasteiger partial charge < -0.3 is 16.4 Å². The second kappa shape index (κ2) is 11.4. The van der Waals surface area contributed by atoms with Crippen LogP contribution >= 0.6 is 24.0 Å². The Morgan fingerprint density at radius 1 is 1.33 bits per heavy atom. The predicted octanol–water partition coefficient (Wildman–Crippen LogP) is 1.67. The minimum Gasteiger partial charge on any atom is -0.370 e. The zero-order valence-corrected chi connectivity index (χ0v) is 15.0. The second-order valence-electron chi connectivity index (χ2n) is 4.73. The summed E-state index contributed by atoms with van der Waals surface area (Å²) in [4.78, 5) is 15.8. The van der Waals surface area contributed by atoms with Gasteiger partial charge in [0.25, 0.3) is 0 Å². The molecule has 1 amide bonds. The van der Waals surface area contributed by atoms with E-state index >= 15 is 0 Å². The zero-order valence-electron chi connectivity index (χ0n) is 12.6. The predicted molar refractivity (Wildman–Crippen MR) is 97.9 cm³/mol. The van der Waals surface area contributed by atoms with Crippen molar-refractivity contribution in [3.8, 4) is 0 Å². The number of carbonyl (C=O) groups is 1. The second-order valence-corrected chi connectivity index (χ2v) is 4.73. The van der Waals surface area contributed by atoms with Crippen molar-refractivity contribution in [1.29, 1.82) is 0 Å². The molecule has 1 atom stereocenters. The average molecular weight is 404 g/mol. The summed E-state index contributed by atoms with van der Waals surface area (Å²) in [6, 6.07) is 9.97. The standard InChI is InChI=1S/C15H24N4O.HI/c1-3-12(2)19-15(16)18-10-9-17-14(20)11-13-7-5-4-6-8-13;/h4-8,12H,3,9-11H2,1-2H3,(H,17,20)(H3,16,18,19);1H. The van der Waals surface area contributed by atoms with Crippen molar-refractivity contribution in [3.05, 3.63) is 35.9 Å². The fourth-order valence-corrected chi connectivity index (χ4v) is 1.62. The normalized spacial score (nSPS) is 12.2. The molecule has 0 spiro atoms. The summed E-state index contributed by atoms with van der Waals surface area (Å²) in [5.74, 6) is 0.427. The lowest BCUT2D eigenvalue weighted by atomic mass is 10.1. The summed E-state index contributed by atoms with van der Waals surface area (Å²) < 4.78 is 0. The van der Waals surface area contributed by atoms with Crippen molar-refractivity contribution in [2.75, 3.05) is 13.1 Å². The summed E-state index contributed by atoms with van der Waals surface area (Å²) >= 11 is 0. The Labute approximate surface area is 143 Å². The lowest BCUT2D eigenvalue weighted by molar-refractivity contribution is -0.120. The first-order valence-corrected chi connectivity index (χ1v) is 6.99. The number of guanidine groups is 1. The third-order valence-corrected chi connectivity index (χ3v) is 2.93. The molecule has 0 bridgehead atoms. The zero-order chi connectivity index (χ0) is 14.8. The Morgan fingerprint density at radius 2 is 2.00 bits per heavy atom. The molecule has 0 aromatic heterocycles. The van der Waals surface area contributed by atoms with E-state index in [0.29, 0.717) is 31.5 Å². The molecule has 0 fully saturated rings. The Balaban J connectivity index is 0.00000400. The SMILES string of the molecule is CCC(C)NC(N)=NCCNC(=O)Cc1ccccc1.I. The van der Waals surface area contributed by atoms with Crippen LogP contribution in [0, 0.1) is 0 Å². The van der Waals surface area contributed by atoms with Gasteiger partial charge in [0.1, 0.15) is 0 Å². The molecule has 1 rings (SSSR count). The summed E-state index contributed by atoms with van der Waals surface area (Å²) in [7, 11) is 0. The highest BCUT2D eigenvalue weighted by Gasteiger charge is 2.02. The molecule has 0 saturated carbocycles. The fraction of sp³-hybridized carbons (Fsp3) is 0.467. The maximum absolute atomic E-state index is 11.7. The highest BCUT2D eigenvalue weighted by Crippen LogP contribution is 1.98. The van der Waals surface area contributed by atoms with E-state index in [1.165, 1.54) is 0 Å². The van der Waals surface area contributed by atoms with Gasteiger partial charge in [0.05, 0.1) is 13.0 Å². The van der Waals surface area contributed by atoms with E-state index in [2.05, 4.69) is 22.5 Å². The summed E-state index contributed by atoms with van der Waals surface area (Å²) in [6.07, 6.45) is 1.38. The van der Waals surface area contributed by atoms with Gasteiger partial charge >= 0.3 is 0 Å². The Bertz CT molecular complexity index is 437. The first-order chi connectivity index (χ1) is 9.61. The van der Waals surface area contributed by atoms with Crippen molar-refractivity contribution in [2.24, 2.45) is 10.7 Å². The van der Waals surface area contributed by atoms with Crippen molar-refractivity contribution >= 4 is 35.8 Å². The maximum Gasteiger partial charge on any atom is 0.224 e. The summed E-state index contributed by atoms with van der Waals surface area (Å²) in [5.41, 5.74) is 6.72. The van der Waals surface area contributed by atoms with E-state index in [-0.39, 0.29) is 29.9 Å². The van der Waals surface area contributed by atoms with E-state index in [4.69, 9.17) is 5.73 Å². The Hall–Kier alpha value is -1.31. The van der Waals surface area contributed by atoms with Gasteiger partial charge in [-0.15, -0.1) is 24.0 Å². The molecule has 1 unspecified atom stereocenters. The fourth-order valence-electron chi connectivity index (χ4n) is 1.62. The molecule has 0 heterocycles. The molecule has 0 aliphatic heterocycles. The lowest BCUT2D eigenvalue weighted by Crippen LogP contribution is -2.38. The van der Waals surface area contributed by atoms with Crippen molar-refractivity contribution in [2.45, 2.75) is 32.7 Å². The molecule has 4 N–H and O–H groups in total. The molecule has 21 heavy (non-hydrogen) atoms. The smallest absolute Gasteiger partial charge is 0.224 e. The molecular weight excluding hydrogens is 379 g/mol. The van der Waals surface area contributed by atoms with Crippen LogP contribution < -0.4 is 16.4 Å². The Kier molecular flexibility index (Phi) is 10.7. The number of benzene rings is 1. The first-order valence-electron chi connectivity index (χ1n) is 6.99. The van der Waals surface area contributed by atoms with E-state index in [9.17, 15) is 4.79 Å². The summed E-state index contributed by atoms with van der Waals surface area (Å²) in [5, 5.41) is 5.90. The number of halogens is 1. The van der Waals surface area contributed by atoms with Crippen molar-refractivity contribution in [3.63, 3.8) is 0 Å². The highest BCUT2D eigenvalue weighted by atomic mass is 127. The van der Waals surface area contributed by atoms with Crippen LogP contribution in [0.3, 0.4) is 0 Å². The number of nitrogens with two attached hydrogens (primary N) is 1. The van der Waals surface area contributed by atoms with Gasteiger partial charge in [-0.3, -0.25) is 9.79 Å². The number of hydrogen-bond acceptors (Lipinski definition) is 2. The van der Waals surface area contributed by atoms with Gasteiger partial charge in [0.2, 0.25) is 5.91 Å². The largest absolute Gasteiger partial charge is 0.370 e. The molecule has 0 aliphatic carbocycles. The summed E-state index contributed by atoms with van der Waals surface area (Å²) in [6.45, 7) is 5.10. The van der Waals surface area contributed by atoms with Crippen LogP contribution in [0.25, 0.3) is 0 Å². The molecule has 1 aromatic rings. The van der Waals surface area contributed by atoms with Crippen LogP contribution in [0.1, 0.15) is 25.8 Å². The van der Waals surface area contributed by atoms with Gasteiger partial charge in [-0.05, 0) is 18.9 Å². The van der Waals surface area contributed by atoms with E-state index < -0.39 is 0 Å². The van der Waals surface area contributed by atoms with Gasteiger partial charge in [-0.2, -0.15) is 0 Å². The molecule has 1 aromatic carbocycles. The lowest BCUT2D eigenvalue weighted by Gasteiger charge is -2.11. The van der Waals surface area contributed by atoms with Crippen LogP contribution in [-0.2, 0) is 11.2 Å². The number of nitrogens with one attached hydrogen (secondary N) is 2. The van der Waals surface area contributed by atoms with Gasteiger partial charge in [0, 0.05) is 12.6 Å². The van der Waals surface area contributed by atoms with Crippen LogP contribution in [0.4, 0.5) is 0 Å². The van der Waals surface area contributed by atoms with Crippen molar-refractivity contribution < 1.29 is 4.79 Å². The quantitative estimate of drug-likeness (QED) is 0.280. The molecular formula is C15H25IN4O. The monoisotopic (exact) mass is 404 g/mol. The molecule has 0 aliphatic rings. The minimum absolute atomic E-state index is 0. The minimum atomic E-state index is -0.000133. The van der Waals surface area contributed by atoms with Gasteiger partial charge in [0.15, 0.2) is 5.96 Å². The van der Waals surface area contributed by atoms with Gasteiger partial charge in [-0.25, -0.2) is 0 Å². The van der Waals surface area contributed by atoms with Crippen LogP contribution in [0.15, 0.2) is 35.3 Å².